The zero-order valence-electron chi connectivity index (χ0n) is 6.46. The SMILES string of the molecule is CC(=O)CNCc1ccsc1. The van der Waals surface area contributed by atoms with E-state index in [0.29, 0.717) is 6.54 Å². The summed E-state index contributed by atoms with van der Waals surface area (Å²) in [7, 11) is 0. The predicted molar refractivity (Wildman–Crippen MR) is 46.7 cm³/mol. The normalized spacial score (nSPS) is 9.91. The van der Waals surface area contributed by atoms with Crippen LogP contribution in [0.3, 0.4) is 0 Å². The number of Topliss-reactive ketones (excluding diaryl/α,β-unsaturated/α-hetero) is 1. The second kappa shape index (κ2) is 4.26. The van der Waals surface area contributed by atoms with Crippen LogP contribution < -0.4 is 5.32 Å². The number of rotatable bonds is 4. The highest BCUT2D eigenvalue weighted by Gasteiger charge is 1.93. The molecule has 0 aliphatic heterocycles. The molecule has 0 spiro atoms. The van der Waals surface area contributed by atoms with Gasteiger partial charge in [0.2, 0.25) is 0 Å². The first kappa shape index (κ1) is 8.43. The predicted octanol–water partition coefficient (Wildman–Crippen LogP) is 1.43. The van der Waals surface area contributed by atoms with Gasteiger partial charge in [-0.15, -0.1) is 0 Å². The molecule has 0 aromatic carbocycles. The van der Waals surface area contributed by atoms with Gasteiger partial charge in [-0.05, 0) is 29.3 Å². The second-order valence-electron chi connectivity index (χ2n) is 2.44. The van der Waals surface area contributed by atoms with Gasteiger partial charge in [0.1, 0.15) is 5.78 Å². The van der Waals surface area contributed by atoms with Crippen molar-refractivity contribution >= 4 is 17.1 Å². The van der Waals surface area contributed by atoms with Gasteiger partial charge < -0.3 is 5.32 Å². The van der Waals surface area contributed by atoms with Crippen molar-refractivity contribution in [3.8, 4) is 0 Å². The summed E-state index contributed by atoms with van der Waals surface area (Å²) in [5.41, 5.74) is 1.25. The molecule has 1 aromatic heterocycles. The first-order valence-corrected chi connectivity index (χ1v) is 4.44. The molecule has 60 valence electrons. The Kier molecular flexibility index (Phi) is 3.26. The van der Waals surface area contributed by atoms with Crippen molar-refractivity contribution in [1.29, 1.82) is 0 Å². The Hall–Kier alpha value is -0.670. The van der Waals surface area contributed by atoms with Crippen LogP contribution in [-0.2, 0) is 11.3 Å². The molecule has 0 aliphatic rings. The minimum absolute atomic E-state index is 0.181. The Morgan fingerprint density at radius 3 is 3.09 bits per heavy atom. The van der Waals surface area contributed by atoms with Gasteiger partial charge in [-0.1, -0.05) is 0 Å². The first-order chi connectivity index (χ1) is 5.29. The van der Waals surface area contributed by atoms with Crippen molar-refractivity contribution in [2.24, 2.45) is 0 Å². The summed E-state index contributed by atoms with van der Waals surface area (Å²) in [6.07, 6.45) is 0. The summed E-state index contributed by atoms with van der Waals surface area (Å²) < 4.78 is 0. The van der Waals surface area contributed by atoms with Crippen LogP contribution in [0.25, 0.3) is 0 Å². The molecule has 1 rings (SSSR count). The van der Waals surface area contributed by atoms with Crippen LogP contribution in [0.2, 0.25) is 0 Å². The molecule has 0 saturated heterocycles. The third-order valence-corrected chi connectivity index (χ3v) is 2.02. The number of nitrogens with one attached hydrogen (secondary N) is 1. The molecular formula is C8H11NOS. The van der Waals surface area contributed by atoms with Crippen molar-refractivity contribution in [3.63, 3.8) is 0 Å². The van der Waals surface area contributed by atoms with Crippen LogP contribution in [0.5, 0.6) is 0 Å². The van der Waals surface area contributed by atoms with E-state index in [0.717, 1.165) is 6.54 Å². The zero-order chi connectivity index (χ0) is 8.10. The van der Waals surface area contributed by atoms with Crippen molar-refractivity contribution in [2.75, 3.05) is 6.54 Å². The second-order valence-corrected chi connectivity index (χ2v) is 3.22. The van der Waals surface area contributed by atoms with E-state index >= 15 is 0 Å². The van der Waals surface area contributed by atoms with Gasteiger partial charge >= 0.3 is 0 Å². The van der Waals surface area contributed by atoms with Crippen molar-refractivity contribution in [2.45, 2.75) is 13.5 Å². The fraction of sp³-hybridized carbons (Fsp3) is 0.375. The van der Waals surface area contributed by atoms with E-state index in [9.17, 15) is 4.79 Å². The van der Waals surface area contributed by atoms with E-state index in [1.807, 2.05) is 5.38 Å². The topological polar surface area (TPSA) is 29.1 Å². The molecular weight excluding hydrogens is 158 g/mol. The summed E-state index contributed by atoms with van der Waals surface area (Å²) in [5, 5.41) is 7.15. The lowest BCUT2D eigenvalue weighted by Crippen LogP contribution is -2.19. The molecule has 1 heterocycles. The Labute approximate surface area is 70.2 Å². The van der Waals surface area contributed by atoms with Gasteiger partial charge in [0, 0.05) is 6.54 Å². The highest BCUT2D eigenvalue weighted by molar-refractivity contribution is 7.07. The lowest BCUT2D eigenvalue weighted by atomic mass is 10.3. The fourth-order valence-corrected chi connectivity index (χ4v) is 1.44. The van der Waals surface area contributed by atoms with E-state index in [1.54, 1.807) is 18.3 Å². The third-order valence-electron chi connectivity index (χ3n) is 1.28. The van der Waals surface area contributed by atoms with E-state index in [2.05, 4.69) is 16.8 Å². The molecule has 0 saturated carbocycles. The summed E-state index contributed by atoms with van der Waals surface area (Å²) >= 11 is 1.67. The van der Waals surface area contributed by atoms with Gasteiger partial charge in [0.15, 0.2) is 0 Å². The van der Waals surface area contributed by atoms with Crippen LogP contribution in [0.1, 0.15) is 12.5 Å². The maximum absolute atomic E-state index is 10.5. The Morgan fingerprint density at radius 1 is 1.73 bits per heavy atom. The Bertz CT molecular complexity index is 218. The summed E-state index contributed by atoms with van der Waals surface area (Å²) in [4.78, 5) is 10.5. The molecule has 1 aromatic rings. The molecule has 0 amide bonds. The molecule has 0 bridgehead atoms. The standard InChI is InChI=1S/C8H11NOS/c1-7(10)4-9-5-8-2-3-11-6-8/h2-3,6,9H,4-5H2,1H3. The van der Waals surface area contributed by atoms with Gasteiger partial charge in [-0.25, -0.2) is 0 Å². The molecule has 0 radical (unpaired) electrons. The van der Waals surface area contributed by atoms with E-state index in [1.165, 1.54) is 5.56 Å². The minimum atomic E-state index is 0.181. The van der Waals surface area contributed by atoms with E-state index in [-0.39, 0.29) is 5.78 Å². The Balaban J connectivity index is 2.19. The first-order valence-electron chi connectivity index (χ1n) is 3.50. The third kappa shape index (κ3) is 3.30. The number of hydrogen-bond donors (Lipinski definition) is 1. The number of thiophene rings is 1. The average Bonchev–Trinajstić information content (AvgIpc) is 2.39. The van der Waals surface area contributed by atoms with Gasteiger partial charge in [-0.2, -0.15) is 11.3 Å². The number of ketones is 1. The van der Waals surface area contributed by atoms with Gasteiger partial charge in [0.05, 0.1) is 6.54 Å². The summed E-state index contributed by atoms with van der Waals surface area (Å²) in [6.45, 7) is 2.85. The highest BCUT2D eigenvalue weighted by Crippen LogP contribution is 2.04. The summed E-state index contributed by atoms with van der Waals surface area (Å²) in [6, 6.07) is 2.05. The van der Waals surface area contributed by atoms with E-state index in [4.69, 9.17) is 0 Å². The quantitative estimate of drug-likeness (QED) is 0.738. The zero-order valence-corrected chi connectivity index (χ0v) is 7.28. The van der Waals surface area contributed by atoms with E-state index < -0.39 is 0 Å². The molecule has 0 aliphatic carbocycles. The van der Waals surface area contributed by atoms with Crippen LogP contribution in [0.4, 0.5) is 0 Å². The molecule has 2 nitrogen and oxygen atoms in total. The average molecular weight is 169 g/mol. The maximum Gasteiger partial charge on any atom is 0.143 e. The van der Waals surface area contributed by atoms with Crippen LogP contribution in [0.15, 0.2) is 16.8 Å². The van der Waals surface area contributed by atoms with Gasteiger partial charge in [-0.3, -0.25) is 4.79 Å². The maximum atomic E-state index is 10.5. The lowest BCUT2D eigenvalue weighted by Gasteiger charge is -1.97. The fourth-order valence-electron chi connectivity index (χ4n) is 0.776. The number of carbonyl (C=O) groups is 1. The minimum Gasteiger partial charge on any atom is -0.306 e. The van der Waals surface area contributed by atoms with Gasteiger partial charge in [0.25, 0.3) is 0 Å². The molecule has 0 unspecified atom stereocenters. The number of carbonyl (C=O) groups excluding carboxylic acids is 1. The molecule has 0 fully saturated rings. The summed E-state index contributed by atoms with van der Waals surface area (Å²) in [5.74, 6) is 0.181. The van der Waals surface area contributed by atoms with Crippen molar-refractivity contribution in [3.05, 3.63) is 22.4 Å². The molecule has 0 atom stereocenters. The highest BCUT2D eigenvalue weighted by atomic mass is 32.1. The van der Waals surface area contributed by atoms with Crippen molar-refractivity contribution in [1.82, 2.24) is 5.32 Å². The molecule has 3 heteroatoms. The van der Waals surface area contributed by atoms with Crippen molar-refractivity contribution < 1.29 is 4.79 Å². The number of hydrogen-bond acceptors (Lipinski definition) is 3. The largest absolute Gasteiger partial charge is 0.306 e. The molecule has 11 heavy (non-hydrogen) atoms. The monoisotopic (exact) mass is 169 g/mol. The molecule has 1 N–H and O–H groups in total. The lowest BCUT2D eigenvalue weighted by molar-refractivity contribution is -0.116. The Morgan fingerprint density at radius 2 is 2.55 bits per heavy atom. The van der Waals surface area contributed by atoms with Crippen LogP contribution in [0, 0.1) is 0 Å². The smallest absolute Gasteiger partial charge is 0.143 e. The van der Waals surface area contributed by atoms with Crippen LogP contribution >= 0.6 is 11.3 Å². The van der Waals surface area contributed by atoms with Crippen LogP contribution in [-0.4, -0.2) is 12.3 Å².